The molecule has 0 aliphatic carbocycles. The first-order valence-corrected chi connectivity index (χ1v) is 7.39. The molecule has 21 heavy (non-hydrogen) atoms. The van der Waals surface area contributed by atoms with Crippen molar-refractivity contribution < 1.29 is 0 Å². The Balaban J connectivity index is 1.78. The van der Waals surface area contributed by atoms with Gasteiger partial charge in [-0.15, -0.1) is 0 Å². The van der Waals surface area contributed by atoms with Crippen LogP contribution in [0.3, 0.4) is 0 Å². The van der Waals surface area contributed by atoms with Gasteiger partial charge in [0.15, 0.2) is 0 Å². The minimum atomic E-state index is 0.679. The topological polar surface area (TPSA) is 39.1 Å². The van der Waals surface area contributed by atoms with Crippen LogP contribution in [-0.2, 0) is 0 Å². The van der Waals surface area contributed by atoms with Crippen molar-refractivity contribution in [1.82, 2.24) is 0 Å². The molecule has 0 bridgehead atoms. The first kappa shape index (κ1) is 13.5. The van der Waals surface area contributed by atoms with Crippen molar-refractivity contribution in [3.63, 3.8) is 0 Å². The van der Waals surface area contributed by atoms with Gasteiger partial charge < -0.3 is 10.2 Å². The molecule has 1 N–H and O–H groups in total. The summed E-state index contributed by atoms with van der Waals surface area (Å²) in [6, 6.07) is 16.6. The van der Waals surface area contributed by atoms with Gasteiger partial charge in [-0.05, 0) is 61.7 Å². The summed E-state index contributed by atoms with van der Waals surface area (Å²) in [4.78, 5) is 2.41. The second-order valence-electron chi connectivity index (χ2n) is 5.53. The Kier molecular flexibility index (Phi) is 3.79. The highest BCUT2D eigenvalue weighted by molar-refractivity contribution is 5.68. The molecule has 3 nitrogen and oxygen atoms in total. The summed E-state index contributed by atoms with van der Waals surface area (Å²) in [5.74, 6) is 0. The number of anilines is 3. The summed E-state index contributed by atoms with van der Waals surface area (Å²) in [6.45, 7) is 4.31. The lowest BCUT2D eigenvalue weighted by molar-refractivity contribution is 0.949. The molecule has 1 heterocycles. The van der Waals surface area contributed by atoms with Crippen molar-refractivity contribution in [1.29, 1.82) is 5.26 Å². The number of nitrogens with one attached hydrogen (secondary N) is 1. The molecular formula is C18H19N3. The molecule has 1 aliphatic rings. The fourth-order valence-corrected chi connectivity index (χ4v) is 2.75. The van der Waals surface area contributed by atoms with E-state index < -0.39 is 0 Å². The third-order valence-electron chi connectivity index (χ3n) is 3.91. The van der Waals surface area contributed by atoms with Crippen LogP contribution in [0.15, 0.2) is 42.5 Å². The van der Waals surface area contributed by atoms with Crippen LogP contribution in [0.2, 0.25) is 0 Å². The Morgan fingerprint density at radius 2 is 1.76 bits per heavy atom. The Bertz CT molecular complexity index is 662. The highest BCUT2D eigenvalue weighted by atomic mass is 15.1. The predicted molar refractivity (Wildman–Crippen MR) is 87.1 cm³/mol. The van der Waals surface area contributed by atoms with E-state index >= 15 is 0 Å². The first-order chi connectivity index (χ1) is 10.3. The minimum Gasteiger partial charge on any atom is -0.372 e. The maximum atomic E-state index is 9.21. The van der Waals surface area contributed by atoms with E-state index in [1.807, 2.05) is 25.1 Å². The zero-order chi connectivity index (χ0) is 14.7. The van der Waals surface area contributed by atoms with Crippen LogP contribution in [0.4, 0.5) is 17.1 Å². The van der Waals surface area contributed by atoms with Gasteiger partial charge in [0.05, 0.1) is 11.3 Å². The summed E-state index contributed by atoms with van der Waals surface area (Å²) in [7, 11) is 0. The van der Waals surface area contributed by atoms with E-state index in [0.29, 0.717) is 5.56 Å². The summed E-state index contributed by atoms with van der Waals surface area (Å²) in [5, 5.41) is 12.5. The van der Waals surface area contributed by atoms with E-state index in [4.69, 9.17) is 0 Å². The number of nitriles is 1. The minimum absolute atomic E-state index is 0.679. The third kappa shape index (κ3) is 3.00. The van der Waals surface area contributed by atoms with Gasteiger partial charge in [0.1, 0.15) is 6.07 Å². The molecule has 0 atom stereocenters. The summed E-state index contributed by atoms with van der Waals surface area (Å²) in [5.41, 5.74) is 4.93. The zero-order valence-corrected chi connectivity index (χ0v) is 12.3. The van der Waals surface area contributed by atoms with Gasteiger partial charge in [0.2, 0.25) is 0 Å². The highest BCUT2D eigenvalue weighted by Crippen LogP contribution is 2.25. The molecule has 3 heteroatoms. The van der Waals surface area contributed by atoms with Crippen LogP contribution in [0.1, 0.15) is 24.0 Å². The Morgan fingerprint density at radius 1 is 1.05 bits per heavy atom. The quantitative estimate of drug-likeness (QED) is 0.913. The van der Waals surface area contributed by atoms with E-state index in [-0.39, 0.29) is 0 Å². The van der Waals surface area contributed by atoms with Gasteiger partial charge in [-0.1, -0.05) is 6.07 Å². The molecular weight excluding hydrogens is 258 g/mol. The standard InChI is InChI=1S/C18H19N3/c1-14-4-9-18(15(12-14)13-19)20-16-5-7-17(8-6-16)21-10-2-3-11-21/h4-9,12,20H,2-3,10-11H2,1H3. The fourth-order valence-electron chi connectivity index (χ4n) is 2.75. The van der Waals surface area contributed by atoms with Gasteiger partial charge in [-0.2, -0.15) is 5.26 Å². The van der Waals surface area contributed by atoms with Crippen LogP contribution in [0.5, 0.6) is 0 Å². The number of nitrogens with zero attached hydrogens (tertiary/aromatic N) is 2. The molecule has 1 saturated heterocycles. The van der Waals surface area contributed by atoms with Gasteiger partial charge >= 0.3 is 0 Å². The Hall–Kier alpha value is -2.47. The molecule has 0 spiro atoms. The molecule has 2 aromatic rings. The Morgan fingerprint density at radius 3 is 2.43 bits per heavy atom. The van der Waals surface area contributed by atoms with Crippen LogP contribution in [0, 0.1) is 18.3 Å². The van der Waals surface area contributed by atoms with Crippen molar-refractivity contribution in [3.05, 3.63) is 53.6 Å². The van der Waals surface area contributed by atoms with E-state index in [9.17, 15) is 5.26 Å². The number of hydrogen-bond acceptors (Lipinski definition) is 3. The SMILES string of the molecule is Cc1ccc(Nc2ccc(N3CCCC3)cc2)c(C#N)c1. The maximum Gasteiger partial charge on any atom is 0.101 e. The summed E-state index contributed by atoms with van der Waals surface area (Å²) < 4.78 is 0. The summed E-state index contributed by atoms with van der Waals surface area (Å²) >= 11 is 0. The maximum absolute atomic E-state index is 9.21. The highest BCUT2D eigenvalue weighted by Gasteiger charge is 2.11. The van der Waals surface area contributed by atoms with Crippen molar-refractivity contribution in [3.8, 4) is 6.07 Å². The number of aryl methyl sites for hydroxylation is 1. The lowest BCUT2D eigenvalue weighted by Gasteiger charge is -2.18. The van der Waals surface area contributed by atoms with Crippen LogP contribution in [-0.4, -0.2) is 13.1 Å². The molecule has 3 rings (SSSR count). The van der Waals surface area contributed by atoms with E-state index in [0.717, 1.165) is 30.0 Å². The van der Waals surface area contributed by atoms with E-state index in [2.05, 4.69) is 40.6 Å². The van der Waals surface area contributed by atoms with Gasteiger partial charge in [0, 0.05) is 24.5 Å². The number of benzene rings is 2. The van der Waals surface area contributed by atoms with Crippen LogP contribution in [0.25, 0.3) is 0 Å². The number of rotatable bonds is 3. The average molecular weight is 277 g/mol. The largest absolute Gasteiger partial charge is 0.372 e. The van der Waals surface area contributed by atoms with Gasteiger partial charge in [-0.3, -0.25) is 0 Å². The first-order valence-electron chi connectivity index (χ1n) is 7.39. The van der Waals surface area contributed by atoms with Crippen molar-refractivity contribution >= 4 is 17.1 Å². The molecule has 2 aromatic carbocycles. The van der Waals surface area contributed by atoms with Gasteiger partial charge in [0.25, 0.3) is 0 Å². The molecule has 1 aliphatic heterocycles. The van der Waals surface area contributed by atoms with Crippen LogP contribution < -0.4 is 10.2 Å². The van der Waals surface area contributed by atoms with E-state index in [1.54, 1.807) is 0 Å². The normalized spacial score (nSPS) is 14.0. The van der Waals surface area contributed by atoms with Crippen molar-refractivity contribution in [2.24, 2.45) is 0 Å². The molecule has 0 amide bonds. The van der Waals surface area contributed by atoms with Crippen molar-refractivity contribution in [2.45, 2.75) is 19.8 Å². The Labute approximate surface area is 125 Å². The molecule has 1 fully saturated rings. The molecule has 106 valence electrons. The smallest absolute Gasteiger partial charge is 0.101 e. The third-order valence-corrected chi connectivity index (χ3v) is 3.91. The molecule has 0 unspecified atom stereocenters. The second-order valence-corrected chi connectivity index (χ2v) is 5.53. The van der Waals surface area contributed by atoms with E-state index in [1.165, 1.54) is 18.5 Å². The second kappa shape index (κ2) is 5.88. The average Bonchev–Trinajstić information content (AvgIpc) is 3.04. The monoisotopic (exact) mass is 277 g/mol. The lowest BCUT2D eigenvalue weighted by Crippen LogP contribution is -2.17. The van der Waals surface area contributed by atoms with Gasteiger partial charge in [-0.25, -0.2) is 0 Å². The molecule has 0 saturated carbocycles. The molecule has 0 aromatic heterocycles. The summed E-state index contributed by atoms with van der Waals surface area (Å²) in [6.07, 6.45) is 2.57. The zero-order valence-electron chi connectivity index (χ0n) is 12.3. The van der Waals surface area contributed by atoms with Crippen LogP contribution >= 0.6 is 0 Å². The fraction of sp³-hybridized carbons (Fsp3) is 0.278. The van der Waals surface area contributed by atoms with Crippen molar-refractivity contribution in [2.75, 3.05) is 23.3 Å². The number of hydrogen-bond donors (Lipinski definition) is 1. The predicted octanol–water partition coefficient (Wildman–Crippen LogP) is 4.21. The lowest BCUT2D eigenvalue weighted by atomic mass is 10.1. The molecule has 0 radical (unpaired) electrons.